The van der Waals surface area contributed by atoms with Crippen molar-refractivity contribution >= 4 is 0 Å². The van der Waals surface area contributed by atoms with Gasteiger partial charge in [0, 0.05) is 13.1 Å². The fraction of sp³-hybridized carbons (Fsp3) is 0.800. The number of nitrogens with zero attached hydrogens (tertiary/aromatic N) is 4. The zero-order valence-electron chi connectivity index (χ0n) is 9.20. The first-order valence-corrected chi connectivity index (χ1v) is 4.67. The van der Waals surface area contributed by atoms with Crippen LogP contribution in [0.25, 0.3) is 0 Å². The molecule has 1 aliphatic rings. The van der Waals surface area contributed by atoms with Crippen LogP contribution >= 0.6 is 0 Å². The minimum absolute atomic E-state index is 0.741. The molecule has 1 rings (SSSR count). The molecule has 0 amide bonds. The maximum atomic E-state index is 9.24. The lowest BCUT2D eigenvalue weighted by molar-refractivity contribution is -0.0133. The quantitative estimate of drug-likeness (QED) is 0.558. The van der Waals surface area contributed by atoms with Crippen LogP contribution in [-0.2, 0) is 0 Å². The first-order chi connectivity index (χ1) is 6.42. The summed E-state index contributed by atoms with van der Waals surface area (Å²) in [6, 6.07) is 4.53. The average Bonchev–Trinajstić information content (AvgIpc) is 2.20. The molecule has 2 atom stereocenters. The molecule has 0 aromatic carbocycles. The summed E-state index contributed by atoms with van der Waals surface area (Å²) < 4.78 is 0. The molecular formula is C10H16N4. The molecule has 0 saturated carbocycles. The van der Waals surface area contributed by atoms with Crippen molar-refractivity contribution in [2.75, 3.05) is 27.2 Å². The Bertz CT molecular complexity index is 281. The second-order valence-corrected chi connectivity index (χ2v) is 4.21. The molecule has 0 radical (unpaired) electrons. The molecule has 0 aromatic rings. The van der Waals surface area contributed by atoms with Gasteiger partial charge in [0.2, 0.25) is 0 Å². The standard InChI is InChI=1S/C10H16N4/c1-9(7-11)10(2,8-12)14(4)6-5-13(9)3/h5-6H2,1-4H3. The number of piperazine rings is 1. The molecule has 1 aliphatic heterocycles. The van der Waals surface area contributed by atoms with Gasteiger partial charge in [0.25, 0.3) is 0 Å². The Morgan fingerprint density at radius 1 is 0.929 bits per heavy atom. The van der Waals surface area contributed by atoms with E-state index in [1.54, 1.807) is 0 Å². The Labute approximate surface area is 85.3 Å². The van der Waals surface area contributed by atoms with Gasteiger partial charge < -0.3 is 0 Å². The third-order valence-corrected chi connectivity index (χ3v) is 3.68. The minimum Gasteiger partial charge on any atom is -0.285 e. The van der Waals surface area contributed by atoms with Crippen LogP contribution in [0.4, 0.5) is 0 Å². The number of hydrogen-bond donors (Lipinski definition) is 0. The van der Waals surface area contributed by atoms with E-state index < -0.39 is 11.1 Å². The number of hydrogen-bond acceptors (Lipinski definition) is 4. The fourth-order valence-electron chi connectivity index (χ4n) is 1.88. The summed E-state index contributed by atoms with van der Waals surface area (Å²) in [5, 5.41) is 18.5. The Morgan fingerprint density at radius 3 is 1.43 bits per heavy atom. The van der Waals surface area contributed by atoms with Crippen LogP contribution < -0.4 is 0 Å². The lowest BCUT2D eigenvalue weighted by Crippen LogP contribution is -2.70. The van der Waals surface area contributed by atoms with Gasteiger partial charge in [-0.3, -0.25) is 9.80 Å². The normalized spacial score (nSPS) is 40.1. The summed E-state index contributed by atoms with van der Waals surface area (Å²) in [4.78, 5) is 3.91. The van der Waals surface area contributed by atoms with Crippen molar-refractivity contribution in [1.29, 1.82) is 10.5 Å². The third-order valence-electron chi connectivity index (χ3n) is 3.68. The van der Waals surface area contributed by atoms with E-state index in [0.717, 1.165) is 13.1 Å². The molecule has 2 unspecified atom stereocenters. The molecule has 0 aromatic heterocycles. The molecule has 14 heavy (non-hydrogen) atoms. The van der Waals surface area contributed by atoms with Crippen molar-refractivity contribution in [2.24, 2.45) is 0 Å². The second-order valence-electron chi connectivity index (χ2n) is 4.21. The summed E-state index contributed by atoms with van der Waals surface area (Å²) in [7, 11) is 3.79. The molecule has 4 heteroatoms. The van der Waals surface area contributed by atoms with Crippen LogP contribution in [-0.4, -0.2) is 48.1 Å². The molecule has 0 bridgehead atoms. The second kappa shape index (κ2) is 3.24. The van der Waals surface area contributed by atoms with E-state index >= 15 is 0 Å². The van der Waals surface area contributed by atoms with E-state index in [9.17, 15) is 10.5 Å². The zero-order chi connectivity index (χ0) is 11.0. The van der Waals surface area contributed by atoms with Crippen molar-refractivity contribution in [3.63, 3.8) is 0 Å². The van der Waals surface area contributed by atoms with Gasteiger partial charge in [0.1, 0.15) is 11.1 Å². The monoisotopic (exact) mass is 192 g/mol. The Morgan fingerprint density at radius 2 is 1.21 bits per heavy atom. The fourth-order valence-corrected chi connectivity index (χ4v) is 1.88. The molecule has 4 nitrogen and oxygen atoms in total. The van der Waals surface area contributed by atoms with Crippen LogP contribution in [0.3, 0.4) is 0 Å². The van der Waals surface area contributed by atoms with Gasteiger partial charge in [0.05, 0.1) is 12.1 Å². The smallest absolute Gasteiger partial charge is 0.137 e. The summed E-state index contributed by atoms with van der Waals surface area (Å²) in [5.74, 6) is 0. The van der Waals surface area contributed by atoms with Gasteiger partial charge in [-0.25, -0.2) is 0 Å². The third kappa shape index (κ3) is 1.12. The van der Waals surface area contributed by atoms with E-state index in [1.807, 2.05) is 37.7 Å². The van der Waals surface area contributed by atoms with Crippen molar-refractivity contribution < 1.29 is 0 Å². The summed E-state index contributed by atoms with van der Waals surface area (Å²) in [5.41, 5.74) is -1.48. The molecule has 1 fully saturated rings. The lowest BCUT2D eigenvalue weighted by Gasteiger charge is -2.52. The van der Waals surface area contributed by atoms with E-state index in [1.165, 1.54) is 0 Å². The first-order valence-electron chi connectivity index (χ1n) is 4.67. The predicted octanol–water partition coefficient (Wildman–Crippen LogP) is 0.428. The van der Waals surface area contributed by atoms with Crippen molar-refractivity contribution in [2.45, 2.75) is 24.9 Å². The van der Waals surface area contributed by atoms with E-state index in [0.29, 0.717) is 0 Å². The van der Waals surface area contributed by atoms with Gasteiger partial charge in [-0.15, -0.1) is 0 Å². The zero-order valence-corrected chi connectivity index (χ0v) is 9.20. The average molecular weight is 192 g/mol. The molecule has 0 N–H and O–H groups in total. The summed E-state index contributed by atoms with van der Waals surface area (Å²) in [6.45, 7) is 5.29. The number of likely N-dealkylation sites (N-methyl/N-ethyl adjacent to an activating group) is 2. The van der Waals surface area contributed by atoms with Crippen LogP contribution in [0.5, 0.6) is 0 Å². The summed E-state index contributed by atoms with van der Waals surface area (Å²) in [6.07, 6.45) is 0. The molecule has 0 aliphatic carbocycles. The molecule has 1 saturated heterocycles. The maximum absolute atomic E-state index is 9.24. The lowest BCUT2D eigenvalue weighted by atomic mass is 9.77. The highest BCUT2D eigenvalue weighted by Gasteiger charge is 2.53. The van der Waals surface area contributed by atoms with Gasteiger partial charge in [-0.2, -0.15) is 10.5 Å². The number of nitriles is 2. The van der Waals surface area contributed by atoms with Gasteiger partial charge >= 0.3 is 0 Å². The molecular weight excluding hydrogens is 176 g/mol. The van der Waals surface area contributed by atoms with Crippen molar-refractivity contribution in [3.05, 3.63) is 0 Å². The number of rotatable bonds is 0. The minimum atomic E-state index is -0.741. The molecule has 1 heterocycles. The largest absolute Gasteiger partial charge is 0.285 e. The Balaban J connectivity index is 3.22. The SMILES string of the molecule is CN1CCN(C)C(C)(C#N)C1(C)C#N. The first kappa shape index (κ1) is 11.0. The van der Waals surface area contributed by atoms with Crippen molar-refractivity contribution in [1.82, 2.24) is 9.80 Å². The van der Waals surface area contributed by atoms with E-state index in [2.05, 4.69) is 12.1 Å². The van der Waals surface area contributed by atoms with Gasteiger partial charge in [0.15, 0.2) is 0 Å². The summed E-state index contributed by atoms with van der Waals surface area (Å²) >= 11 is 0. The van der Waals surface area contributed by atoms with E-state index in [-0.39, 0.29) is 0 Å². The van der Waals surface area contributed by atoms with Gasteiger partial charge in [-0.1, -0.05) is 0 Å². The highest BCUT2D eigenvalue weighted by molar-refractivity contribution is 5.29. The molecule has 0 spiro atoms. The van der Waals surface area contributed by atoms with Crippen LogP contribution in [0.1, 0.15) is 13.8 Å². The van der Waals surface area contributed by atoms with Crippen LogP contribution in [0, 0.1) is 22.7 Å². The topological polar surface area (TPSA) is 54.1 Å². The maximum Gasteiger partial charge on any atom is 0.137 e. The Hall–Kier alpha value is -1.10. The van der Waals surface area contributed by atoms with Crippen molar-refractivity contribution in [3.8, 4) is 12.1 Å². The molecule has 76 valence electrons. The highest BCUT2D eigenvalue weighted by atomic mass is 15.3. The predicted molar refractivity (Wildman–Crippen MR) is 53.3 cm³/mol. The highest BCUT2D eigenvalue weighted by Crippen LogP contribution is 2.34. The van der Waals surface area contributed by atoms with Crippen LogP contribution in [0.2, 0.25) is 0 Å². The van der Waals surface area contributed by atoms with Crippen LogP contribution in [0.15, 0.2) is 0 Å². The van der Waals surface area contributed by atoms with E-state index in [4.69, 9.17) is 0 Å². The Kier molecular flexibility index (Phi) is 2.54. The van der Waals surface area contributed by atoms with Gasteiger partial charge in [-0.05, 0) is 27.9 Å².